The average Bonchev–Trinajstić information content (AvgIpc) is 2.92. The van der Waals surface area contributed by atoms with Crippen LogP contribution in [0.3, 0.4) is 0 Å². The molecule has 2 aromatic carbocycles. The van der Waals surface area contributed by atoms with Crippen LogP contribution in [-0.4, -0.2) is 17.8 Å². The molecule has 37 heavy (non-hydrogen) atoms. The van der Waals surface area contributed by atoms with Crippen LogP contribution < -0.4 is 0 Å². The van der Waals surface area contributed by atoms with Crippen molar-refractivity contribution < 1.29 is 9.59 Å². The first-order valence-electron chi connectivity index (χ1n) is 14.3. The van der Waals surface area contributed by atoms with E-state index in [-0.39, 0.29) is 17.1 Å². The summed E-state index contributed by atoms with van der Waals surface area (Å²) in [6, 6.07) is 18.2. The molecule has 1 saturated carbocycles. The zero-order valence-corrected chi connectivity index (χ0v) is 22.9. The van der Waals surface area contributed by atoms with Crippen molar-refractivity contribution in [3.8, 4) is 0 Å². The molecule has 0 spiro atoms. The predicted molar refractivity (Wildman–Crippen MR) is 154 cm³/mol. The number of nitrogens with zero attached hydrogens (tertiary/aromatic N) is 1. The number of hydrogen-bond donors (Lipinski definition) is 0. The van der Waals surface area contributed by atoms with Crippen LogP contribution >= 0.6 is 0 Å². The van der Waals surface area contributed by atoms with Crippen LogP contribution in [0, 0.1) is 22.7 Å². The SMILES string of the molecule is CCCC(C)(CCC=CCc1ccccc1)C(=O)C1CCC(CC2(C)C=Nc3ccccc3C2=O)CC1. The number of rotatable bonds is 11. The minimum absolute atomic E-state index is 0.158. The van der Waals surface area contributed by atoms with Crippen molar-refractivity contribution in [2.75, 3.05) is 0 Å². The van der Waals surface area contributed by atoms with E-state index >= 15 is 0 Å². The molecule has 1 aliphatic heterocycles. The van der Waals surface area contributed by atoms with Gasteiger partial charge in [-0.05, 0) is 88.3 Å². The van der Waals surface area contributed by atoms with Crippen LogP contribution in [0.15, 0.2) is 71.7 Å². The molecule has 1 fully saturated rings. The maximum atomic E-state index is 13.7. The lowest BCUT2D eigenvalue weighted by Gasteiger charge is -2.37. The van der Waals surface area contributed by atoms with E-state index in [2.05, 4.69) is 55.3 Å². The van der Waals surface area contributed by atoms with Gasteiger partial charge in [0.15, 0.2) is 5.78 Å². The number of hydrogen-bond acceptors (Lipinski definition) is 3. The molecule has 0 saturated heterocycles. The lowest BCUT2D eigenvalue weighted by Crippen LogP contribution is -2.38. The highest BCUT2D eigenvalue weighted by Gasteiger charge is 2.41. The Morgan fingerprint density at radius 3 is 2.43 bits per heavy atom. The summed E-state index contributed by atoms with van der Waals surface area (Å²) in [7, 11) is 0. The Labute approximate surface area is 223 Å². The summed E-state index contributed by atoms with van der Waals surface area (Å²) in [5.41, 5.74) is 2.06. The molecule has 0 amide bonds. The summed E-state index contributed by atoms with van der Waals surface area (Å²) in [4.78, 5) is 31.6. The van der Waals surface area contributed by atoms with Gasteiger partial charge >= 0.3 is 0 Å². The van der Waals surface area contributed by atoms with Crippen molar-refractivity contribution >= 4 is 23.5 Å². The Morgan fingerprint density at radius 2 is 1.70 bits per heavy atom. The molecule has 0 bridgehead atoms. The predicted octanol–water partition coefficient (Wildman–Crippen LogP) is 8.74. The maximum Gasteiger partial charge on any atom is 0.176 e. The van der Waals surface area contributed by atoms with E-state index < -0.39 is 5.41 Å². The third-order valence-electron chi connectivity index (χ3n) is 8.71. The zero-order chi connectivity index (χ0) is 26.3. The monoisotopic (exact) mass is 497 g/mol. The number of ketones is 2. The van der Waals surface area contributed by atoms with E-state index in [9.17, 15) is 9.59 Å². The Hall–Kier alpha value is -2.81. The maximum absolute atomic E-state index is 13.7. The van der Waals surface area contributed by atoms with Crippen LogP contribution in [0.2, 0.25) is 0 Å². The summed E-state index contributed by atoms with van der Waals surface area (Å²) in [5.74, 6) is 1.28. The van der Waals surface area contributed by atoms with Gasteiger partial charge in [-0.3, -0.25) is 14.6 Å². The second-order valence-electron chi connectivity index (χ2n) is 11.8. The molecule has 196 valence electrons. The van der Waals surface area contributed by atoms with Crippen molar-refractivity contribution in [1.82, 2.24) is 0 Å². The molecule has 2 atom stereocenters. The minimum Gasteiger partial charge on any atom is -0.299 e. The number of allylic oxidation sites excluding steroid dienone is 2. The van der Waals surface area contributed by atoms with Crippen LogP contribution in [0.25, 0.3) is 0 Å². The fourth-order valence-electron chi connectivity index (χ4n) is 6.50. The molecular formula is C34H43NO2. The lowest BCUT2D eigenvalue weighted by atomic mass is 9.66. The van der Waals surface area contributed by atoms with E-state index in [0.29, 0.717) is 11.7 Å². The van der Waals surface area contributed by atoms with Gasteiger partial charge in [0, 0.05) is 23.1 Å². The molecule has 4 rings (SSSR count). The van der Waals surface area contributed by atoms with Crippen LogP contribution in [0.4, 0.5) is 5.69 Å². The van der Waals surface area contributed by atoms with E-state index in [0.717, 1.165) is 75.5 Å². The van der Waals surface area contributed by atoms with Gasteiger partial charge in [0.05, 0.1) is 11.1 Å². The Morgan fingerprint density at radius 1 is 1.00 bits per heavy atom. The van der Waals surface area contributed by atoms with Gasteiger partial charge in [-0.25, -0.2) is 0 Å². The van der Waals surface area contributed by atoms with Crippen LogP contribution in [-0.2, 0) is 11.2 Å². The third-order valence-corrected chi connectivity index (χ3v) is 8.71. The molecule has 0 N–H and O–H groups in total. The second-order valence-corrected chi connectivity index (χ2v) is 11.8. The quantitative estimate of drug-likeness (QED) is 0.291. The van der Waals surface area contributed by atoms with Gasteiger partial charge in [-0.15, -0.1) is 0 Å². The number of fused-ring (bicyclic) bond motifs is 1. The van der Waals surface area contributed by atoms with Gasteiger partial charge in [0.2, 0.25) is 0 Å². The van der Waals surface area contributed by atoms with Gasteiger partial charge in [-0.1, -0.05) is 74.9 Å². The topological polar surface area (TPSA) is 46.5 Å². The first-order valence-corrected chi connectivity index (χ1v) is 14.3. The average molecular weight is 498 g/mol. The van der Waals surface area contributed by atoms with Crippen molar-refractivity contribution in [2.24, 2.45) is 27.7 Å². The molecule has 2 aliphatic rings. The van der Waals surface area contributed by atoms with Crippen LogP contribution in [0.5, 0.6) is 0 Å². The van der Waals surface area contributed by atoms with Gasteiger partial charge < -0.3 is 0 Å². The summed E-state index contributed by atoms with van der Waals surface area (Å²) in [6.45, 7) is 6.43. The molecule has 0 radical (unpaired) electrons. The molecule has 2 aromatic rings. The largest absolute Gasteiger partial charge is 0.299 e. The number of Topliss-reactive ketones (excluding diaryl/α,β-unsaturated/α-hetero) is 2. The normalized spacial score (nSPS) is 25.1. The highest BCUT2D eigenvalue weighted by atomic mass is 16.1. The smallest absolute Gasteiger partial charge is 0.176 e. The number of carbonyl (C=O) groups is 2. The Kier molecular flexibility index (Phi) is 8.95. The summed E-state index contributed by atoms with van der Waals surface area (Å²) in [6.07, 6.45) is 15.9. The van der Waals surface area contributed by atoms with Crippen molar-refractivity contribution in [3.05, 3.63) is 77.9 Å². The summed E-state index contributed by atoms with van der Waals surface area (Å²) in [5, 5.41) is 0. The van der Waals surface area contributed by atoms with Crippen molar-refractivity contribution in [1.29, 1.82) is 0 Å². The van der Waals surface area contributed by atoms with Gasteiger partial charge in [0.1, 0.15) is 5.78 Å². The fourth-order valence-corrected chi connectivity index (χ4v) is 6.50. The van der Waals surface area contributed by atoms with Crippen LogP contribution in [0.1, 0.15) is 94.5 Å². The molecule has 2 unspecified atom stereocenters. The number of para-hydroxylation sites is 1. The molecule has 3 nitrogen and oxygen atoms in total. The van der Waals surface area contributed by atoms with Gasteiger partial charge in [0.25, 0.3) is 0 Å². The third kappa shape index (κ3) is 6.55. The molecule has 3 heteroatoms. The summed E-state index contributed by atoms with van der Waals surface area (Å²) >= 11 is 0. The number of aliphatic imine (C=N–C) groups is 1. The zero-order valence-electron chi connectivity index (χ0n) is 22.9. The van der Waals surface area contributed by atoms with E-state index in [1.807, 2.05) is 43.5 Å². The van der Waals surface area contributed by atoms with E-state index in [4.69, 9.17) is 0 Å². The molecule has 1 aliphatic carbocycles. The molecular weight excluding hydrogens is 454 g/mol. The summed E-state index contributed by atoms with van der Waals surface area (Å²) < 4.78 is 0. The second kappa shape index (κ2) is 12.2. The highest BCUT2D eigenvalue weighted by Crippen LogP contribution is 2.44. The van der Waals surface area contributed by atoms with Crippen molar-refractivity contribution in [2.45, 2.75) is 85.0 Å². The van der Waals surface area contributed by atoms with Gasteiger partial charge in [-0.2, -0.15) is 0 Å². The minimum atomic E-state index is -0.543. The van der Waals surface area contributed by atoms with E-state index in [1.54, 1.807) is 0 Å². The Balaban J connectivity index is 1.29. The van der Waals surface area contributed by atoms with Crippen molar-refractivity contribution in [3.63, 3.8) is 0 Å². The first kappa shape index (κ1) is 27.2. The standard InChI is InChI=1S/C34H43NO2/c1-4-22-33(2,23-12-6-9-15-26-13-7-5-8-14-26)31(36)28-20-18-27(19-21-28)24-34(3)25-35-30-17-11-10-16-29(30)32(34)37/h5-11,13-14,16-17,25,27-28H,4,12,15,18-24H2,1-3H3. The number of benzene rings is 2. The number of carbonyl (C=O) groups excluding carboxylic acids is 2. The fraction of sp³-hybridized carbons (Fsp3) is 0.500. The van der Waals surface area contributed by atoms with E-state index in [1.165, 1.54) is 5.56 Å². The lowest BCUT2D eigenvalue weighted by molar-refractivity contribution is -0.134. The highest BCUT2D eigenvalue weighted by molar-refractivity contribution is 6.15. The molecule has 0 aromatic heterocycles. The first-order chi connectivity index (χ1) is 17.8. The Bertz CT molecular complexity index is 1130. The molecule has 1 heterocycles.